The molecule has 0 radical (unpaired) electrons. The van der Waals surface area contributed by atoms with E-state index in [1.54, 1.807) is 7.11 Å². The molecule has 1 saturated heterocycles. The fourth-order valence-corrected chi connectivity index (χ4v) is 3.73. The molecule has 108 valence electrons. The lowest BCUT2D eigenvalue weighted by Gasteiger charge is -2.32. The lowest BCUT2D eigenvalue weighted by molar-refractivity contribution is 0.151. The van der Waals surface area contributed by atoms with Crippen molar-refractivity contribution >= 4 is 11.3 Å². The van der Waals surface area contributed by atoms with Crippen molar-refractivity contribution in [3.05, 3.63) is 15.6 Å². The van der Waals surface area contributed by atoms with E-state index in [-0.39, 0.29) is 0 Å². The first-order valence-electron chi connectivity index (χ1n) is 7.09. The molecule has 0 bridgehead atoms. The molecule has 0 saturated carbocycles. The molecule has 1 atom stereocenters. The van der Waals surface area contributed by atoms with Gasteiger partial charge in [0.1, 0.15) is 5.01 Å². The van der Waals surface area contributed by atoms with Crippen LogP contribution in [0.4, 0.5) is 0 Å². The molecule has 1 aliphatic heterocycles. The first kappa shape index (κ1) is 14.9. The van der Waals surface area contributed by atoms with Crippen molar-refractivity contribution in [1.82, 2.24) is 15.2 Å². The van der Waals surface area contributed by atoms with Gasteiger partial charge in [-0.1, -0.05) is 6.42 Å². The van der Waals surface area contributed by atoms with E-state index in [0.29, 0.717) is 12.6 Å². The first-order chi connectivity index (χ1) is 9.24. The van der Waals surface area contributed by atoms with Crippen LogP contribution in [0, 0.1) is 0 Å². The van der Waals surface area contributed by atoms with Gasteiger partial charge in [-0.25, -0.2) is 4.98 Å². The topological polar surface area (TPSA) is 37.4 Å². The van der Waals surface area contributed by atoms with Gasteiger partial charge in [-0.05, 0) is 33.4 Å². The molecule has 19 heavy (non-hydrogen) atoms. The van der Waals surface area contributed by atoms with Gasteiger partial charge in [0.2, 0.25) is 0 Å². The molecule has 5 heteroatoms. The third kappa shape index (κ3) is 3.99. The zero-order chi connectivity index (χ0) is 13.7. The van der Waals surface area contributed by atoms with Crippen LogP contribution in [0.15, 0.2) is 0 Å². The molecular weight excluding hydrogens is 258 g/mol. The minimum absolute atomic E-state index is 0.614. The molecule has 1 aliphatic rings. The van der Waals surface area contributed by atoms with E-state index in [0.717, 1.165) is 18.8 Å². The third-order valence-electron chi connectivity index (χ3n) is 3.72. The number of thiazole rings is 1. The summed E-state index contributed by atoms with van der Waals surface area (Å²) in [5, 5.41) is 4.44. The van der Waals surface area contributed by atoms with E-state index in [1.165, 1.54) is 35.7 Å². The molecule has 1 fully saturated rings. The van der Waals surface area contributed by atoms with Crippen molar-refractivity contribution < 1.29 is 4.74 Å². The van der Waals surface area contributed by atoms with Crippen LogP contribution in [0.2, 0.25) is 0 Å². The fraction of sp³-hybridized carbons (Fsp3) is 0.786. The molecule has 1 aromatic rings. The number of likely N-dealkylation sites (tertiary alicyclic amines) is 1. The number of hydrogen-bond donors (Lipinski definition) is 1. The van der Waals surface area contributed by atoms with Crippen LogP contribution in [0.1, 0.15) is 41.8 Å². The Hall–Kier alpha value is -0.490. The number of hydrogen-bond acceptors (Lipinski definition) is 5. The number of piperidine rings is 1. The molecule has 1 unspecified atom stereocenters. The Bertz CT molecular complexity index is 371. The molecule has 0 aromatic carbocycles. The Kier molecular flexibility index (Phi) is 5.76. The Morgan fingerprint density at radius 1 is 1.47 bits per heavy atom. The molecule has 0 aliphatic carbocycles. The summed E-state index contributed by atoms with van der Waals surface area (Å²) in [6.45, 7) is 6.03. The third-order valence-corrected chi connectivity index (χ3v) is 4.80. The Morgan fingerprint density at radius 2 is 2.32 bits per heavy atom. The fourth-order valence-electron chi connectivity index (χ4n) is 2.62. The van der Waals surface area contributed by atoms with E-state index in [9.17, 15) is 0 Å². The number of aromatic nitrogens is 1. The lowest BCUT2D eigenvalue weighted by atomic mass is 10.0. The molecule has 2 rings (SSSR count). The smallest absolute Gasteiger partial charge is 0.107 e. The van der Waals surface area contributed by atoms with E-state index < -0.39 is 0 Å². The second-order valence-corrected chi connectivity index (χ2v) is 6.42. The van der Waals surface area contributed by atoms with Gasteiger partial charge in [-0.3, -0.25) is 4.90 Å². The second kappa shape index (κ2) is 7.33. The van der Waals surface area contributed by atoms with Crippen molar-refractivity contribution in [3.63, 3.8) is 0 Å². The number of nitrogens with one attached hydrogen (secondary N) is 1. The molecular formula is C14H25N3OS. The largest absolute Gasteiger partial charge is 0.378 e. The van der Waals surface area contributed by atoms with Crippen LogP contribution >= 0.6 is 11.3 Å². The highest BCUT2D eigenvalue weighted by atomic mass is 32.1. The van der Waals surface area contributed by atoms with Gasteiger partial charge >= 0.3 is 0 Å². The Labute approximate surface area is 120 Å². The van der Waals surface area contributed by atoms with Crippen LogP contribution < -0.4 is 5.32 Å². The van der Waals surface area contributed by atoms with Crippen molar-refractivity contribution in [2.24, 2.45) is 0 Å². The predicted molar refractivity (Wildman–Crippen MR) is 79.3 cm³/mol. The summed E-state index contributed by atoms with van der Waals surface area (Å²) in [6, 6.07) is 0.691. The molecule has 2 heterocycles. The zero-order valence-corrected chi connectivity index (χ0v) is 13.1. The standard InChI is InChI=1S/C14H25N3OS/c1-11-6-4-5-7-17(11)9-14-16-12(10-18-3)13(19-14)8-15-2/h11,15H,4-10H2,1-3H3. The minimum Gasteiger partial charge on any atom is -0.378 e. The highest BCUT2D eigenvalue weighted by molar-refractivity contribution is 7.11. The summed E-state index contributed by atoms with van der Waals surface area (Å²) in [6.07, 6.45) is 4.01. The lowest BCUT2D eigenvalue weighted by Crippen LogP contribution is -2.36. The molecule has 4 nitrogen and oxygen atoms in total. The normalized spacial score (nSPS) is 20.9. The summed E-state index contributed by atoms with van der Waals surface area (Å²) in [5.41, 5.74) is 1.10. The van der Waals surface area contributed by atoms with Crippen molar-refractivity contribution in [1.29, 1.82) is 0 Å². The summed E-state index contributed by atoms with van der Waals surface area (Å²) < 4.78 is 5.24. The van der Waals surface area contributed by atoms with E-state index in [2.05, 4.69) is 17.1 Å². The zero-order valence-electron chi connectivity index (χ0n) is 12.2. The van der Waals surface area contributed by atoms with Crippen LogP contribution in [-0.2, 0) is 24.4 Å². The van der Waals surface area contributed by atoms with E-state index >= 15 is 0 Å². The highest BCUT2D eigenvalue weighted by Crippen LogP contribution is 2.24. The van der Waals surface area contributed by atoms with Gasteiger partial charge in [0.15, 0.2) is 0 Å². The molecule has 1 N–H and O–H groups in total. The van der Waals surface area contributed by atoms with Gasteiger partial charge < -0.3 is 10.1 Å². The monoisotopic (exact) mass is 283 g/mol. The average molecular weight is 283 g/mol. The maximum atomic E-state index is 5.24. The number of nitrogens with zero attached hydrogens (tertiary/aromatic N) is 2. The predicted octanol–water partition coefficient (Wildman–Crippen LogP) is 2.38. The summed E-state index contributed by atoms with van der Waals surface area (Å²) in [7, 11) is 3.71. The minimum atomic E-state index is 0.614. The van der Waals surface area contributed by atoms with Crippen molar-refractivity contribution in [2.45, 2.75) is 51.9 Å². The number of ether oxygens (including phenoxy) is 1. The summed E-state index contributed by atoms with van der Waals surface area (Å²) in [4.78, 5) is 8.63. The van der Waals surface area contributed by atoms with Gasteiger partial charge in [-0.15, -0.1) is 11.3 Å². The second-order valence-electron chi connectivity index (χ2n) is 5.26. The highest BCUT2D eigenvalue weighted by Gasteiger charge is 2.20. The maximum absolute atomic E-state index is 5.24. The molecule has 1 aromatic heterocycles. The van der Waals surface area contributed by atoms with Gasteiger partial charge in [0, 0.05) is 24.6 Å². The number of methoxy groups -OCH3 is 1. The summed E-state index contributed by atoms with van der Waals surface area (Å²) in [5.74, 6) is 0. The van der Waals surface area contributed by atoms with Gasteiger partial charge in [0.05, 0.1) is 18.8 Å². The van der Waals surface area contributed by atoms with E-state index in [4.69, 9.17) is 9.72 Å². The first-order valence-corrected chi connectivity index (χ1v) is 7.91. The van der Waals surface area contributed by atoms with E-state index in [1.807, 2.05) is 18.4 Å². The van der Waals surface area contributed by atoms with Crippen molar-refractivity contribution in [3.8, 4) is 0 Å². The Morgan fingerprint density at radius 3 is 3.00 bits per heavy atom. The Balaban J connectivity index is 2.04. The molecule has 0 spiro atoms. The van der Waals surface area contributed by atoms with Gasteiger partial charge in [0.25, 0.3) is 0 Å². The molecule has 0 amide bonds. The van der Waals surface area contributed by atoms with Gasteiger partial charge in [-0.2, -0.15) is 0 Å². The SMILES string of the molecule is CNCc1sc(CN2CCCCC2C)nc1COC. The quantitative estimate of drug-likeness (QED) is 0.870. The van der Waals surface area contributed by atoms with Crippen LogP contribution in [-0.4, -0.2) is 36.6 Å². The van der Waals surface area contributed by atoms with Crippen LogP contribution in [0.5, 0.6) is 0 Å². The summed E-state index contributed by atoms with van der Waals surface area (Å²) >= 11 is 1.82. The van der Waals surface area contributed by atoms with Crippen LogP contribution in [0.25, 0.3) is 0 Å². The average Bonchev–Trinajstić information content (AvgIpc) is 2.76. The number of rotatable bonds is 6. The van der Waals surface area contributed by atoms with Crippen LogP contribution in [0.3, 0.4) is 0 Å². The van der Waals surface area contributed by atoms with Crippen molar-refractivity contribution in [2.75, 3.05) is 20.7 Å². The maximum Gasteiger partial charge on any atom is 0.107 e.